The van der Waals surface area contributed by atoms with Crippen LogP contribution in [0.25, 0.3) is 0 Å². The van der Waals surface area contributed by atoms with Crippen molar-refractivity contribution in [1.82, 2.24) is 14.3 Å². The molecule has 1 aliphatic heterocycles. The first-order valence-corrected chi connectivity index (χ1v) is 8.33. The number of rotatable bonds is 5. The van der Waals surface area contributed by atoms with Crippen LogP contribution in [0.2, 0.25) is 0 Å². The van der Waals surface area contributed by atoms with Crippen LogP contribution in [-0.2, 0) is 10.2 Å². The monoisotopic (exact) mass is 275 g/mol. The number of piperidine rings is 1. The van der Waals surface area contributed by atoms with Crippen molar-refractivity contribution in [2.24, 2.45) is 5.92 Å². The minimum absolute atomic E-state index is 0.200. The molecule has 6 heteroatoms. The largest absolute Gasteiger partial charge is 0.319 e. The van der Waals surface area contributed by atoms with Gasteiger partial charge in [0.05, 0.1) is 0 Å². The Morgan fingerprint density at radius 2 is 2.06 bits per heavy atom. The Labute approximate surface area is 110 Å². The summed E-state index contributed by atoms with van der Waals surface area (Å²) >= 11 is 0. The molecule has 2 N–H and O–H groups in total. The summed E-state index contributed by atoms with van der Waals surface area (Å²) in [6.07, 6.45) is 5.12. The van der Waals surface area contributed by atoms with Gasteiger partial charge in [0, 0.05) is 18.6 Å². The van der Waals surface area contributed by atoms with Gasteiger partial charge in [-0.1, -0.05) is 0 Å². The Morgan fingerprint density at radius 1 is 1.33 bits per heavy atom. The molecule has 5 nitrogen and oxygen atoms in total. The lowest BCUT2D eigenvalue weighted by molar-refractivity contribution is 0.224. The molecule has 1 unspecified atom stereocenters. The van der Waals surface area contributed by atoms with Crippen molar-refractivity contribution in [2.45, 2.75) is 44.6 Å². The van der Waals surface area contributed by atoms with Gasteiger partial charge >= 0.3 is 0 Å². The van der Waals surface area contributed by atoms with E-state index in [2.05, 4.69) is 10.0 Å². The van der Waals surface area contributed by atoms with Crippen LogP contribution >= 0.6 is 0 Å². The van der Waals surface area contributed by atoms with Crippen LogP contribution in [0.3, 0.4) is 0 Å². The molecular formula is C12H25N3O2S. The standard InChI is InChI=1S/C12H25N3O2S/c1-12(6-4-7-12)14-18(16,17)15-8-3-5-11(10-15)9-13-2/h11,13-14H,3-10H2,1-2H3. The molecular weight excluding hydrogens is 250 g/mol. The molecule has 0 bridgehead atoms. The maximum absolute atomic E-state index is 12.3. The Hall–Kier alpha value is -0.170. The lowest BCUT2D eigenvalue weighted by atomic mass is 9.80. The highest BCUT2D eigenvalue weighted by Crippen LogP contribution is 2.32. The number of nitrogens with zero attached hydrogens (tertiary/aromatic N) is 1. The van der Waals surface area contributed by atoms with E-state index in [1.54, 1.807) is 4.31 Å². The van der Waals surface area contributed by atoms with Gasteiger partial charge in [-0.05, 0) is 58.5 Å². The van der Waals surface area contributed by atoms with Crippen molar-refractivity contribution in [3.8, 4) is 0 Å². The van der Waals surface area contributed by atoms with Gasteiger partial charge < -0.3 is 5.32 Å². The first kappa shape index (κ1) is 14.2. The van der Waals surface area contributed by atoms with Gasteiger partial charge in [0.15, 0.2) is 0 Å². The first-order valence-electron chi connectivity index (χ1n) is 6.89. The van der Waals surface area contributed by atoms with Crippen LogP contribution in [0.1, 0.15) is 39.0 Å². The molecule has 1 atom stereocenters. The first-order chi connectivity index (χ1) is 8.45. The molecule has 18 heavy (non-hydrogen) atoms. The van der Waals surface area contributed by atoms with Crippen molar-refractivity contribution in [3.05, 3.63) is 0 Å². The molecule has 1 saturated carbocycles. The smallest absolute Gasteiger partial charge is 0.279 e. The molecule has 0 aromatic heterocycles. The van der Waals surface area contributed by atoms with Crippen molar-refractivity contribution >= 4 is 10.2 Å². The lowest BCUT2D eigenvalue weighted by Gasteiger charge is -2.41. The van der Waals surface area contributed by atoms with Gasteiger partial charge in [-0.15, -0.1) is 0 Å². The third kappa shape index (κ3) is 3.23. The summed E-state index contributed by atoms with van der Waals surface area (Å²) in [7, 11) is -1.38. The molecule has 2 aliphatic rings. The Kier molecular flexibility index (Phi) is 4.31. The van der Waals surface area contributed by atoms with Gasteiger partial charge in [0.25, 0.3) is 10.2 Å². The fraction of sp³-hybridized carbons (Fsp3) is 1.00. The zero-order valence-corrected chi connectivity index (χ0v) is 12.2. The zero-order chi connectivity index (χ0) is 13.2. The highest BCUT2D eigenvalue weighted by atomic mass is 32.2. The summed E-state index contributed by atoms with van der Waals surface area (Å²) in [6.45, 7) is 4.20. The second-order valence-electron chi connectivity index (χ2n) is 5.95. The van der Waals surface area contributed by atoms with E-state index < -0.39 is 10.2 Å². The van der Waals surface area contributed by atoms with Crippen LogP contribution in [0.5, 0.6) is 0 Å². The van der Waals surface area contributed by atoms with E-state index >= 15 is 0 Å². The molecule has 0 aromatic rings. The highest BCUT2D eigenvalue weighted by Gasteiger charge is 2.38. The van der Waals surface area contributed by atoms with Crippen molar-refractivity contribution in [1.29, 1.82) is 0 Å². The van der Waals surface area contributed by atoms with E-state index in [4.69, 9.17) is 0 Å². The molecule has 1 saturated heterocycles. The molecule has 2 fully saturated rings. The second-order valence-corrected chi connectivity index (χ2v) is 7.62. The Balaban J connectivity index is 1.96. The number of hydrogen-bond acceptors (Lipinski definition) is 3. The predicted octanol–water partition coefficient (Wildman–Crippen LogP) is 0.695. The summed E-state index contributed by atoms with van der Waals surface area (Å²) in [5, 5.41) is 3.14. The summed E-state index contributed by atoms with van der Waals surface area (Å²) in [5.41, 5.74) is -0.200. The van der Waals surface area contributed by atoms with Crippen molar-refractivity contribution < 1.29 is 8.42 Å². The number of hydrogen-bond donors (Lipinski definition) is 2. The van der Waals surface area contributed by atoms with E-state index in [1.807, 2.05) is 14.0 Å². The van der Waals surface area contributed by atoms with Crippen LogP contribution in [0, 0.1) is 5.92 Å². The maximum Gasteiger partial charge on any atom is 0.279 e. The quantitative estimate of drug-likeness (QED) is 0.776. The van der Waals surface area contributed by atoms with E-state index in [0.29, 0.717) is 19.0 Å². The van der Waals surface area contributed by atoms with Crippen LogP contribution in [0.4, 0.5) is 0 Å². The van der Waals surface area contributed by atoms with E-state index in [-0.39, 0.29) is 5.54 Å². The molecule has 0 radical (unpaired) electrons. The summed E-state index contributed by atoms with van der Waals surface area (Å²) in [5.74, 6) is 0.439. The molecule has 2 rings (SSSR count). The van der Waals surface area contributed by atoms with Crippen molar-refractivity contribution in [2.75, 3.05) is 26.7 Å². The van der Waals surface area contributed by atoms with Gasteiger partial charge in [0.2, 0.25) is 0 Å². The molecule has 106 valence electrons. The second kappa shape index (κ2) is 5.45. The van der Waals surface area contributed by atoms with Crippen LogP contribution < -0.4 is 10.0 Å². The zero-order valence-electron chi connectivity index (χ0n) is 11.4. The van der Waals surface area contributed by atoms with Crippen LogP contribution in [-0.4, -0.2) is 44.9 Å². The van der Waals surface area contributed by atoms with Crippen molar-refractivity contribution in [3.63, 3.8) is 0 Å². The molecule has 1 heterocycles. The van der Waals surface area contributed by atoms with E-state index in [9.17, 15) is 8.42 Å². The molecule has 0 amide bonds. The summed E-state index contributed by atoms with van der Waals surface area (Å²) in [4.78, 5) is 0. The summed E-state index contributed by atoms with van der Waals surface area (Å²) in [6, 6.07) is 0. The Morgan fingerprint density at radius 3 is 2.61 bits per heavy atom. The van der Waals surface area contributed by atoms with Crippen LogP contribution in [0.15, 0.2) is 0 Å². The van der Waals surface area contributed by atoms with Gasteiger partial charge in [-0.2, -0.15) is 17.4 Å². The highest BCUT2D eigenvalue weighted by molar-refractivity contribution is 7.87. The fourth-order valence-electron chi connectivity index (χ4n) is 2.89. The van der Waals surface area contributed by atoms with Gasteiger partial charge in [0.1, 0.15) is 0 Å². The third-order valence-electron chi connectivity index (χ3n) is 4.15. The minimum atomic E-state index is -3.30. The van der Waals surface area contributed by atoms with E-state index in [0.717, 1.165) is 38.6 Å². The normalized spacial score (nSPS) is 28.9. The SMILES string of the molecule is CNCC1CCCN(S(=O)(=O)NC2(C)CCC2)C1. The average Bonchev–Trinajstić information content (AvgIpc) is 2.27. The third-order valence-corrected chi connectivity index (χ3v) is 5.91. The molecule has 1 aliphatic carbocycles. The summed E-state index contributed by atoms with van der Waals surface area (Å²) < 4.78 is 29.2. The molecule has 0 spiro atoms. The number of nitrogens with one attached hydrogen (secondary N) is 2. The fourth-order valence-corrected chi connectivity index (χ4v) is 4.62. The van der Waals surface area contributed by atoms with E-state index in [1.165, 1.54) is 0 Å². The predicted molar refractivity (Wildman–Crippen MR) is 72.5 cm³/mol. The minimum Gasteiger partial charge on any atom is -0.319 e. The topological polar surface area (TPSA) is 61.4 Å². The Bertz CT molecular complexity index is 377. The molecule has 0 aromatic carbocycles. The maximum atomic E-state index is 12.3. The average molecular weight is 275 g/mol. The van der Waals surface area contributed by atoms with Gasteiger partial charge in [-0.25, -0.2) is 0 Å². The van der Waals surface area contributed by atoms with Gasteiger partial charge in [-0.3, -0.25) is 0 Å². The lowest BCUT2D eigenvalue weighted by Crippen LogP contribution is -2.57.